The van der Waals surface area contributed by atoms with Gasteiger partial charge in [0, 0.05) is 51.3 Å². The molecule has 10 heteroatoms. The molecule has 3 fully saturated rings. The first-order valence-electron chi connectivity index (χ1n) is 12.9. The van der Waals surface area contributed by atoms with Gasteiger partial charge in [0.1, 0.15) is 11.0 Å². The fourth-order valence-corrected chi connectivity index (χ4v) is 6.50. The van der Waals surface area contributed by atoms with Crippen molar-refractivity contribution in [3.63, 3.8) is 0 Å². The van der Waals surface area contributed by atoms with Crippen molar-refractivity contribution in [2.75, 3.05) is 43.4 Å². The highest BCUT2D eigenvalue weighted by Crippen LogP contribution is 2.29. The molecule has 1 aromatic heterocycles. The molecule has 35 heavy (non-hydrogen) atoms. The maximum absolute atomic E-state index is 12.9. The largest absolute Gasteiger partial charge is 0.372 e. The SMILES string of the molecule is CC1CN(C(=O)CSc2nc(Cl)cc(N3CCN(C(=O)CCC4CCCC4)C(C)C3)n2)CC(C)O1. The maximum atomic E-state index is 12.9. The van der Waals surface area contributed by atoms with Crippen molar-refractivity contribution in [1.82, 2.24) is 19.8 Å². The van der Waals surface area contributed by atoms with Crippen LogP contribution in [0.5, 0.6) is 0 Å². The summed E-state index contributed by atoms with van der Waals surface area (Å²) in [5, 5.41) is 0.860. The molecule has 8 nitrogen and oxygen atoms in total. The third-order valence-electron chi connectivity index (χ3n) is 7.27. The first-order valence-corrected chi connectivity index (χ1v) is 14.3. The van der Waals surface area contributed by atoms with Crippen molar-refractivity contribution in [3.8, 4) is 0 Å². The van der Waals surface area contributed by atoms with Gasteiger partial charge in [-0.2, -0.15) is 0 Å². The number of carbonyl (C=O) groups is 2. The van der Waals surface area contributed by atoms with E-state index in [1.165, 1.54) is 37.4 Å². The van der Waals surface area contributed by atoms with Crippen LogP contribution in [0.25, 0.3) is 0 Å². The number of aromatic nitrogens is 2. The normalized spacial score (nSPS) is 25.8. The lowest BCUT2D eigenvalue weighted by molar-refractivity contribution is -0.140. The van der Waals surface area contributed by atoms with E-state index < -0.39 is 0 Å². The van der Waals surface area contributed by atoms with Crippen molar-refractivity contribution < 1.29 is 14.3 Å². The van der Waals surface area contributed by atoms with Gasteiger partial charge < -0.3 is 19.4 Å². The van der Waals surface area contributed by atoms with Gasteiger partial charge in [0.15, 0.2) is 5.16 Å². The second-order valence-electron chi connectivity index (χ2n) is 10.2. The average Bonchev–Trinajstić information content (AvgIpc) is 3.33. The van der Waals surface area contributed by atoms with Gasteiger partial charge in [-0.25, -0.2) is 9.97 Å². The third-order valence-corrected chi connectivity index (χ3v) is 8.30. The number of hydrogen-bond acceptors (Lipinski definition) is 7. The van der Waals surface area contributed by atoms with Crippen LogP contribution in [0, 0.1) is 5.92 Å². The topological polar surface area (TPSA) is 78.9 Å². The van der Waals surface area contributed by atoms with E-state index in [4.69, 9.17) is 21.3 Å². The molecule has 1 aliphatic carbocycles. The van der Waals surface area contributed by atoms with E-state index in [2.05, 4.69) is 16.8 Å². The Hall–Kier alpha value is -1.58. The lowest BCUT2D eigenvalue weighted by Gasteiger charge is -2.40. The molecule has 4 rings (SSSR count). The molecule has 0 aromatic carbocycles. The Bertz CT molecular complexity index is 890. The minimum Gasteiger partial charge on any atom is -0.372 e. The van der Waals surface area contributed by atoms with Crippen molar-refractivity contribution in [1.29, 1.82) is 0 Å². The van der Waals surface area contributed by atoms with Crippen molar-refractivity contribution in [2.45, 2.75) is 82.7 Å². The molecule has 0 bridgehead atoms. The number of hydrogen-bond donors (Lipinski definition) is 0. The van der Waals surface area contributed by atoms with E-state index in [9.17, 15) is 9.59 Å². The second-order valence-corrected chi connectivity index (χ2v) is 11.6. The number of rotatable bonds is 7. The Labute approximate surface area is 218 Å². The molecule has 2 amide bonds. The van der Waals surface area contributed by atoms with Crippen LogP contribution >= 0.6 is 23.4 Å². The summed E-state index contributed by atoms with van der Waals surface area (Å²) in [4.78, 5) is 40.6. The summed E-state index contributed by atoms with van der Waals surface area (Å²) in [5.74, 6) is 2.07. The van der Waals surface area contributed by atoms with Gasteiger partial charge in [-0.1, -0.05) is 49.0 Å². The number of amides is 2. The quantitative estimate of drug-likeness (QED) is 0.305. The third kappa shape index (κ3) is 7.23. The Morgan fingerprint density at radius 3 is 2.46 bits per heavy atom. The van der Waals surface area contributed by atoms with Gasteiger partial charge >= 0.3 is 0 Å². The van der Waals surface area contributed by atoms with Gasteiger partial charge in [0.05, 0.1) is 18.0 Å². The number of thioether (sulfide) groups is 1. The summed E-state index contributed by atoms with van der Waals surface area (Å²) >= 11 is 7.63. The smallest absolute Gasteiger partial charge is 0.233 e. The highest BCUT2D eigenvalue weighted by atomic mass is 35.5. The van der Waals surface area contributed by atoms with Crippen LogP contribution < -0.4 is 4.90 Å². The number of nitrogens with zero attached hydrogens (tertiary/aromatic N) is 5. The van der Waals surface area contributed by atoms with Crippen LogP contribution in [0.1, 0.15) is 59.3 Å². The van der Waals surface area contributed by atoms with Crippen LogP contribution in [0.15, 0.2) is 11.2 Å². The highest BCUT2D eigenvalue weighted by molar-refractivity contribution is 7.99. The van der Waals surface area contributed by atoms with E-state index in [0.717, 1.165) is 18.2 Å². The van der Waals surface area contributed by atoms with Crippen molar-refractivity contribution in [2.24, 2.45) is 5.92 Å². The second kappa shape index (κ2) is 12.1. The number of anilines is 1. The Kier molecular flexibility index (Phi) is 9.16. The van der Waals surface area contributed by atoms with Gasteiger partial charge in [0.2, 0.25) is 11.8 Å². The number of carbonyl (C=O) groups excluding carboxylic acids is 2. The molecular weight excluding hydrogens is 486 g/mol. The first-order chi connectivity index (χ1) is 16.8. The molecule has 2 aliphatic heterocycles. The van der Waals surface area contributed by atoms with Gasteiger partial charge in [-0.15, -0.1) is 0 Å². The van der Waals surface area contributed by atoms with E-state index in [0.29, 0.717) is 49.5 Å². The van der Waals surface area contributed by atoms with E-state index >= 15 is 0 Å². The predicted molar refractivity (Wildman–Crippen MR) is 139 cm³/mol. The standard InChI is InChI=1S/C25H38ClN5O3S/c1-17-13-29(10-11-31(17)23(32)9-8-20-6-4-5-7-20)22-12-21(26)27-25(28-22)35-16-24(33)30-14-18(2)34-19(3)15-30/h12,17-20H,4-11,13-16H2,1-3H3. The summed E-state index contributed by atoms with van der Waals surface area (Å²) in [7, 11) is 0. The molecular formula is C25H38ClN5O3S. The summed E-state index contributed by atoms with van der Waals surface area (Å²) in [6, 6.07) is 1.87. The Morgan fingerprint density at radius 1 is 1.06 bits per heavy atom. The van der Waals surface area contributed by atoms with Crippen molar-refractivity contribution in [3.05, 3.63) is 11.2 Å². The van der Waals surface area contributed by atoms with Gasteiger partial charge in [-0.05, 0) is 33.1 Å². The molecule has 0 N–H and O–H groups in total. The number of ether oxygens (including phenoxy) is 1. The number of morpholine rings is 1. The fraction of sp³-hybridized carbons (Fsp3) is 0.760. The Morgan fingerprint density at radius 2 is 1.77 bits per heavy atom. The Balaban J connectivity index is 1.30. The molecule has 2 saturated heterocycles. The molecule has 3 atom stereocenters. The molecule has 3 aliphatic rings. The van der Waals surface area contributed by atoms with E-state index in [-0.39, 0.29) is 35.8 Å². The lowest BCUT2D eigenvalue weighted by atomic mass is 10.0. The van der Waals surface area contributed by atoms with E-state index in [1.54, 1.807) is 6.07 Å². The summed E-state index contributed by atoms with van der Waals surface area (Å²) in [6.07, 6.45) is 6.95. The van der Waals surface area contributed by atoms with Crippen LogP contribution in [-0.2, 0) is 14.3 Å². The minimum absolute atomic E-state index is 0.0389. The predicted octanol–water partition coefficient (Wildman–Crippen LogP) is 3.87. The summed E-state index contributed by atoms with van der Waals surface area (Å²) in [6.45, 7) is 9.37. The zero-order valence-electron chi connectivity index (χ0n) is 21.1. The zero-order valence-corrected chi connectivity index (χ0v) is 22.7. The average molecular weight is 524 g/mol. The number of halogens is 1. The van der Waals surface area contributed by atoms with Crippen LogP contribution in [0.3, 0.4) is 0 Å². The molecule has 0 radical (unpaired) electrons. The maximum Gasteiger partial charge on any atom is 0.233 e. The zero-order chi connectivity index (χ0) is 24.9. The molecule has 0 spiro atoms. The van der Waals surface area contributed by atoms with Crippen LogP contribution in [-0.4, -0.2) is 88.3 Å². The van der Waals surface area contributed by atoms with Gasteiger partial charge in [0.25, 0.3) is 0 Å². The number of piperazine rings is 1. The summed E-state index contributed by atoms with van der Waals surface area (Å²) < 4.78 is 5.72. The summed E-state index contributed by atoms with van der Waals surface area (Å²) in [5.41, 5.74) is 0. The molecule has 1 aromatic rings. The molecule has 194 valence electrons. The molecule has 1 saturated carbocycles. The monoisotopic (exact) mass is 523 g/mol. The first kappa shape index (κ1) is 26.5. The van der Waals surface area contributed by atoms with Crippen molar-refractivity contribution >= 4 is 41.0 Å². The highest BCUT2D eigenvalue weighted by Gasteiger charge is 2.30. The lowest BCUT2D eigenvalue weighted by Crippen LogP contribution is -2.54. The van der Waals surface area contributed by atoms with Crippen LogP contribution in [0.4, 0.5) is 5.82 Å². The van der Waals surface area contributed by atoms with E-state index in [1.807, 2.05) is 23.6 Å². The molecule has 3 heterocycles. The molecule has 3 unspecified atom stereocenters. The fourth-order valence-electron chi connectivity index (χ4n) is 5.52. The van der Waals surface area contributed by atoms with Gasteiger partial charge in [-0.3, -0.25) is 9.59 Å². The minimum atomic E-state index is 0.0389. The van der Waals surface area contributed by atoms with Crippen LogP contribution in [0.2, 0.25) is 5.15 Å².